The van der Waals surface area contributed by atoms with Crippen molar-refractivity contribution in [3.8, 4) is 0 Å². The first kappa shape index (κ1) is 18.0. The lowest BCUT2D eigenvalue weighted by Crippen LogP contribution is -2.49. The highest BCUT2D eigenvalue weighted by Gasteiger charge is 2.41. The van der Waals surface area contributed by atoms with Crippen LogP contribution in [-0.2, 0) is 13.3 Å². The summed E-state index contributed by atoms with van der Waals surface area (Å²) in [5, 5.41) is 0. The number of rotatable bonds is 11. The van der Waals surface area contributed by atoms with E-state index in [-0.39, 0.29) is 5.54 Å². The Labute approximate surface area is 113 Å². The zero-order valence-electron chi connectivity index (χ0n) is 12.3. The molecule has 0 rings (SSSR count). The average molecular weight is 278 g/mol. The molecule has 0 fully saturated rings. The molecule has 0 heterocycles. The van der Waals surface area contributed by atoms with Gasteiger partial charge in [-0.05, 0) is 47.1 Å². The molecule has 6 heteroatoms. The van der Waals surface area contributed by atoms with Gasteiger partial charge >= 0.3 is 8.80 Å². The van der Waals surface area contributed by atoms with E-state index in [0.29, 0.717) is 26.4 Å². The van der Waals surface area contributed by atoms with Gasteiger partial charge in [0.25, 0.3) is 0 Å². The van der Waals surface area contributed by atoms with Crippen LogP contribution in [-0.4, -0.2) is 40.7 Å². The largest absolute Gasteiger partial charge is 0.500 e. The molecule has 0 aliphatic rings. The molecule has 0 aromatic heterocycles. The first-order valence-corrected chi connectivity index (χ1v) is 8.79. The molecule has 110 valence electrons. The fraction of sp³-hybridized carbons (Fsp3) is 1.00. The zero-order valence-corrected chi connectivity index (χ0v) is 13.3. The summed E-state index contributed by atoms with van der Waals surface area (Å²) in [7, 11) is -2.56. The highest BCUT2D eigenvalue weighted by Crippen LogP contribution is 2.23. The van der Waals surface area contributed by atoms with Gasteiger partial charge in [-0.2, -0.15) is 0 Å². The minimum Gasteiger partial charge on any atom is -0.374 e. The maximum Gasteiger partial charge on any atom is 0.500 e. The van der Waals surface area contributed by atoms with Gasteiger partial charge in [0.15, 0.2) is 0 Å². The molecule has 0 saturated heterocycles. The summed E-state index contributed by atoms with van der Waals surface area (Å²) in [5.41, 5.74) is 11.5. The Kier molecular flexibility index (Phi) is 9.01. The van der Waals surface area contributed by atoms with Gasteiger partial charge in [-0.1, -0.05) is 0 Å². The molecule has 0 spiro atoms. The Morgan fingerprint density at radius 2 is 1.39 bits per heavy atom. The molecule has 0 aliphatic heterocycles. The summed E-state index contributed by atoms with van der Waals surface area (Å²) in [6, 6.07) is 0.746. The molecule has 0 aromatic carbocycles. The molecule has 5 nitrogen and oxygen atoms in total. The molecule has 18 heavy (non-hydrogen) atoms. The number of hydrogen-bond acceptors (Lipinski definition) is 5. The highest BCUT2D eigenvalue weighted by molar-refractivity contribution is 6.60. The van der Waals surface area contributed by atoms with E-state index in [4.69, 9.17) is 24.7 Å². The summed E-state index contributed by atoms with van der Waals surface area (Å²) >= 11 is 0. The second kappa shape index (κ2) is 9.01. The van der Waals surface area contributed by atoms with Crippen LogP contribution in [0.2, 0.25) is 6.04 Å². The smallest absolute Gasteiger partial charge is 0.374 e. The van der Waals surface area contributed by atoms with Gasteiger partial charge in [0.2, 0.25) is 0 Å². The van der Waals surface area contributed by atoms with Gasteiger partial charge in [-0.3, -0.25) is 0 Å². The van der Waals surface area contributed by atoms with Crippen LogP contribution in [0, 0.1) is 0 Å². The fourth-order valence-electron chi connectivity index (χ4n) is 1.89. The Morgan fingerprint density at radius 1 is 0.944 bits per heavy atom. The lowest BCUT2D eigenvalue weighted by atomic mass is 9.96. The van der Waals surface area contributed by atoms with Crippen molar-refractivity contribution >= 4 is 8.80 Å². The Bertz CT molecular complexity index is 198. The van der Waals surface area contributed by atoms with Gasteiger partial charge in [0, 0.05) is 31.4 Å². The molecule has 0 bridgehead atoms. The number of hydrogen-bond donors (Lipinski definition) is 2. The van der Waals surface area contributed by atoms with E-state index in [9.17, 15) is 0 Å². The third-order valence-electron chi connectivity index (χ3n) is 2.81. The SMILES string of the molecule is CCO[Si](CCC(C)(N)CCN)(OCC)OCC. The van der Waals surface area contributed by atoms with Crippen LogP contribution in [0.3, 0.4) is 0 Å². The normalized spacial score (nSPS) is 15.7. The van der Waals surface area contributed by atoms with Crippen LogP contribution in [0.25, 0.3) is 0 Å². The van der Waals surface area contributed by atoms with E-state index in [1.807, 2.05) is 27.7 Å². The van der Waals surface area contributed by atoms with Gasteiger partial charge in [-0.15, -0.1) is 0 Å². The maximum absolute atomic E-state index is 6.20. The first-order chi connectivity index (χ1) is 8.45. The van der Waals surface area contributed by atoms with Crippen molar-refractivity contribution in [2.45, 2.75) is 52.1 Å². The van der Waals surface area contributed by atoms with Crippen molar-refractivity contribution in [3.05, 3.63) is 0 Å². The molecular weight excluding hydrogens is 248 g/mol. The quantitative estimate of drug-likeness (QED) is 0.560. The van der Waals surface area contributed by atoms with Gasteiger partial charge in [-0.25, -0.2) is 0 Å². The summed E-state index contributed by atoms with van der Waals surface area (Å²) in [6.07, 6.45) is 1.60. The lowest BCUT2D eigenvalue weighted by Gasteiger charge is -2.32. The Morgan fingerprint density at radius 3 is 1.72 bits per heavy atom. The van der Waals surface area contributed by atoms with Crippen LogP contribution in [0.5, 0.6) is 0 Å². The maximum atomic E-state index is 6.20. The second-order valence-corrected chi connectivity index (χ2v) is 7.41. The Hall–Kier alpha value is 0.0169. The average Bonchev–Trinajstić information content (AvgIpc) is 2.28. The number of nitrogens with two attached hydrogens (primary N) is 2. The molecule has 0 aromatic rings. The van der Waals surface area contributed by atoms with E-state index in [2.05, 4.69) is 0 Å². The molecular formula is C12H30N2O3Si. The third kappa shape index (κ3) is 6.82. The van der Waals surface area contributed by atoms with Gasteiger partial charge in [0.1, 0.15) is 0 Å². The topological polar surface area (TPSA) is 79.7 Å². The molecule has 4 N–H and O–H groups in total. The molecule has 1 unspecified atom stereocenters. The van der Waals surface area contributed by atoms with Crippen molar-refractivity contribution in [2.75, 3.05) is 26.4 Å². The van der Waals surface area contributed by atoms with Crippen LogP contribution in [0.1, 0.15) is 40.5 Å². The lowest BCUT2D eigenvalue weighted by molar-refractivity contribution is 0.0690. The third-order valence-corrected chi connectivity index (χ3v) is 5.86. The first-order valence-electron chi connectivity index (χ1n) is 6.86. The highest BCUT2D eigenvalue weighted by atomic mass is 28.4. The molecule has 0 amide bonds. The zero-order chi connectivity index (χ0) is 14.1. The van der Waals surface area contributed by atoms with Crippen molar-refractivity contribution in [2.24, 2.45) is 11.5 Å². The predicted octanol–water partition coefficient (Wildman–Crippen LogP) is 1.49. The molecule has 0 radical (unpaired) electrons. The van der Waals surface area contributed by atoms with E-state index >= 15 is 0 Å². The van der Waals surface area contributed by atoms with Gasteiger partial charge in [0.05, 0.1) is 0 Å². The molecule has 0 saturated carbocycles. The summed E-state index contributed by atoms with van der Waals surface area (Å²) in [5.74, 6) is 0. The van der Waals surface area contributed by atoms with E-state index in [1.165, 1.54) is 0 Å². The predicted molar refractivity (Wildman–Crippen MR) is 76.3 cm³/mol. The van der Waals surface area contributed by atoms with E-state index in [1.54, 1.807) is 0 Å². The molecule has 0 aliphatic carbocycles. The van der Waals surface area contributed by atoms with E-state index < -0.39 is 8.80 Å². The van der Waals surface area contributed by atoms with Crippen LogP contribution >= 0.6 is 0 Å². The van der Waals surface area contributed by atoms with Crippen LogP contribution in [0.4, 0.5) is 0 Å². The van der Waals surface area contributed by atoms with Crippen LogP contribution in [0.15, 0.2) is 0 Å². The Balaban J connectivity index is 4.55. The monoisotopic (exact) mass is 278 g/mol. The van der Waals surface area contributed by atoms with Gasteiger partial charge < -0.3 is 24.7 Å². The minimum atomic E-state index is -2.56. The van der Waals surface area contributed by atoms with Crippen molar-refractivity contribution in [3.63, 3.8) is 0 Å². The van der Waals surface area contributed by atoms with Crippen molar-refractivity contribution < 1.29 is 13.3 Å². The fourth-order valence-corrected chi connectivity index (χ4v) is 4.77. The summed E-state index contributed by atoms with van der Waals surface area (Å²) in [6.45, 7) is 10.3. The summed E-state index contributed by atoms with van der Waals surface area (Å²) in [4.78, 5) is 0. The van der Waals surface area contributed by atoms with Crippen LogP contribution < -0.4 is 11.5 Å². The standard InChI is InChI=1S/C12H30N2O3Si/c1-5-15-18(16-6-2,17-7-3)11-9-12(4,14)8-10-13/h5-11,13-14H2,1-4H3. The summed E-state index contributed by atoms with van der Waals surface area (Å²) < 4.78 is 17.4. The second-order valence-electron chi connectivity index (χ2n) is 4.67. The van der Waals surface area contributed by atoms with Crippen molar-refractivity contribution in [1.29, 1.82) is 0 Å². The van der Waals surface area contributed by atoms with E-state index in [0.717, 1.165) is 18.9 Å². The molecule has 1 atom stereocenters. The van der Waals surface area contributed by atoms with Crippen molar-refractivity contribution in [1.82, 2.24) is 0 Å². The minimum absolute atomic E-state index is 0.279.